The van der Waals surface area contributed by atoms with E-state index < -0.39 is 12.2 Å². The van der Waals surface area contributed by atoms with Crippen LogP contribution in [0.2, 0.25) is 0 Å². The first-order valence-electron chi connectivity index (χ1n) is 5.19. The van der Waals surface area contributed by atoms with Crippen molar-refractivity contribution < 1.29 is 15.3 Å². The molecule has 0 radical (unpaired) electrons. The highest BCUT2D eigenvalue weighted by Gasteiger charge is 2.14. The van der Waals surface area contributed by atoms with Crippen molar-refractivity contribution in [2.75, 3.05) is 6.61 Å². The molecule has 0 aromatic carbocycles. The Hall–Kier alpha value is -0.120. The average Bonchev–Trinajstić information content (AvgIpc) is 2.14. The first-order chi connectivity index (χ1) is 6.22. The van der Waals surface area contributed by atoms with Gasteiger partial charge in [0.1, 0.15) is 0 Å². The fourth-order valence-corrected chi connectivity index (χ4v) is 1.29. The summed E-state index contributed by atoms with van der Waals surface area (Å²) in [6, 6.07) is 0. The third-order valence-corrected chi connectivity index (χ3v) is 2.21. The van der Waals surface area contributed by atoms with E-state index in [1.54, 1.807) is 0 Å². The van der Waals surface area contributed by atoms with Gasteiger partial charge in [0.15, 0.2) is 0 Å². The van der Waals surface area contributed by atoms with Crippen molar-refractivity contribution in [3.63, 3.8) is 0 Å². The van der Waals surface area contributed by atoms with Gasteiger partial charge in [0.25, 0.3) is 0 Å². The third-order valence-electron chi connectivity index (χ3n) is 2.21. The molecule has 13 heavy (non-hydrogen) atoms. The van der Waals surface area contributed by atoms with Gasteiger partial charge >= 0.3 is 0 Å². The standard InChI is InChI=1S/C10H22O3/c1-2-3-4-6-9(12)10(13)7-5-8-11/h9-13H,2-8H2,1H3. The van der Waals surface area contributed by atoms with Crippen LogP contribution in [0.5, 0.6) is 0 Å². The summed E-state index contributed by atoms with van der Waals surface area (Å²) in [5, 5.41) is 27.3. The molecule has 3 nitrogen and oxygen atoms in total. The molecule has 0 aromatic heterocycles. The summed E-state index contributed by atoms with van der Waals surface area (Å²) in [5.74, 6) is 0. The van der Waals surface area contributed by atoms with E-state index in [0.29, 0.717) is 19.3 Å². The SMILES string of the molecule is CCCCCC(O)C(O)CCCO. The normalized spacial score (nSPS) is 15.7. The quantitative estimate of drug-likeness (QED) is 0.502. The highest BCUT2D eigenvalue weighted by atomic mass is 16.3. The molecule has 3 N–H and O–H groups in total. The monoisotopic (exact) mass is 190 g/mol. The Labute approximate surface area is 80.4 Å². The Bertz CT molecular complexity index is 106. The van der Waals surface area contributed by atoms with Gasteiger partial charge in [0, 0.05) is 6.61 Å². The molecule has 0 bridgehead atoms. The van der Waals surface area contributed by atoms with E-state index in [1.807, 2.05) is 0 Å². The Morgan fingerprint density at radius 2 is 1.46 bits per heavy atom. The zero-order valence-electron chi connectivity index (χ0n) is 8.45. The molecule has 0 heterocycles. The minimum absolute atomic E-state index is 0.0821. The number of hydrogen-bond donors (Lipinski definition) is 3. The Balaban J connectivity index is 3.38. The zero-order chi connectivity index (χ0) is 10.1. The van der Waals surface area contributed by atoms with Crippen LogP contribution in [0.3, 0.4) is 0 Å². The van der Waals surface area contributed by atoms with E-state index in [4.69, 9.17) is 5.11 Å². The van der Waals surface area contributed by atoms with Crippen molar-refractivity contribution in [1.29, 1.82) is 0 Å². The fourth-order valence-electron chi connectivity index (χ4n) is 1.29. The summed E-state index contributed by atoms with van der Waals surface area (Å²) in [6.07, 6.45) is 3.63. The minimum Gasteiger partial charge on any atom is -0.396 e. The van der Waals surface area contributed by atoms with Gasteiger partial charge in [0.05, 0.1) is 12.2 Å². The molecule has 0 saturated heterocycles. The number of rotatable bonds is 8. The van der Waals surface area contributed by atoms with Gasteiger partial charge < -0.3 is 15.3 Å². The molecule has 0 aromatic rings. The van der Waals surface area contributed by atoms with Crippen LogP contribution in [0.15, 0.2) is 0 Å². The van der Waals surface area contributed by atoms with Gasteiger partial charge in [0.2, 0.25) is 0 Å². The van der Waals surface area contributed by atoms with E-state index in [2.05, 4.69) is 6.92 Å². The van der Waals surface area contributed by atoms with Gasteiger partial charge in [-0.1, -0.05) is 26.2 Å². The van der Waals surface area contributed by atoms with Crippen LogP contribution in [0.1, 0.15) is 45.4 Å². The lowest BCUT2D eigenvalue weighted by Crippen LogP contribution is -2.25. The van der Waals surface area contributed by atoms with Crippen LogP contribution in [-0.2, 0) is 0 Å². The van der Waals surface area contributed by atoms with Crippen LogP contribution in [-0.4, -0.2) is 34.1 Å². The number of aliphatic hydroxyl groups excluding tert-OH is 3. The summed E-state index contributed by atoms with van der Waals surface area (Å²) < 4.78 is 0. The fraction of sp³-hybridized carbons (Fsp3) is 1.00. The molecule has 0 aliphatic heterocycles. The lowest BCUT2D eigenvalue weighted by Gasteiger charge is -2.16. The molecule has 0 aliphatic rings. The highest BCUT2D eigenvalue weighted by molar-refractivity contribution is 4.66. The van der Waals surface area contributed by atoms with Crippen LogP contribution in [0.4, 0.5) is 0 Å². The maximum atomic E-state index is 9.44. The highest BCUT2D eigenvalue weighted by Crippen LogP contribution is 2.10. The molecular formula is C10H22O3. The summed E-state index contributed by atoms with van der Waals surface area (Å²) in [7, 11) is 0. The first kappa shape index (κ1) is 12.9. The molecule has 0 amide bonds. The topological polar surface area (TPSA) is 60.7 Å². The lowest BCUT2D eigenvalue weighted by molar-refractivity contribution is 0.00529. The maximum absolute atomic E-state index is 9.44. The third kappa shape index (κ3) is 6.99. The smallest absolute Gasteiger partial charge is 0.0800 e. The van der Waals surface area contributed by atoms with Crippen molar-refractivity contribution in [1.82, 2.24) is 0 Å². The molecule has 2 atom stereocenters. The predicted octanol–water partition coefficient (Wildman–Crippen LogP) is 1.06. The van der Waals surface area contributed by atoms with Gasteiger partial charge in [-0.05, 0) is 19.3 Å². The molecule has 0 spiro atoms. The Morgan fingerprint density at radius 1 is 0.923 bits per heavy atom. The van der Waals surface area contributed by atoms with Crippen molar-refractivity contribution in [3.05, 3.63) is 0 Å². The number of unbranched alkanes of at least 4 members (excludes halogenated alkanes) is 2. The van der Waals surface area contributed by atoms with Gasteiger partial charge in [-0.2, -0.15) is 0 Å². The van der Waals surface area contributed by atoms with Crippen LogP contribution in [0, 0.1) is 0 Å². The molecule has 2 unspecified atom stereocenters. The summed E-state index contributed by atoms with van der Waals surface area (Å²) in [4.78, 5) is 0. The largest absolute Gasteiger partial charge is 0.396 e. The Kier molecular flexibility index (Phi) is 8.40. The minimum atomic E-state index is -0.663. The molecule has 0 rings (SSSR count). The number of hydrogen-bond acceptors (Lipinski definition) is 3. The van der Waals surface area contributed by atoms with E-state index >= 15 is 0 Å². The van der Waals surface area contributed by atoms with E-state index in [0.717, 1.165) is 19.3 Å². The summed E-state index contributed by atoms with van der Waals surface area (Å²) in [5.41, 5.74) is 0. The molecular weight excluding hydrogens is 168 g/mol. The summed E-state index contributed by atoms with van der Waals surface area (Å²) in [6.45, 7) is 2.19. The molecule has 0 fully saturated rings. The van der Waals surface area contributed by atoms with E-state index in [1.165, 1.54) is 0 Å². The van der Waals surface area contributed by atoms with Crippen molar-refractivity contribution in [2.24, 2.45) is 0 Å². The molecule has 0 saturated carbocycles. The second-order valence-electron chi connectivity index (χ2n) is 3.50. The number of aliphatic hydroxyl groups is 3. The van der Waals surface area contributed by atoms with Crippen molar-refractivity contribution in [3.8, 4) is 0 Å². The zero-order valence-corrected chi connectivity index (χ0v) is 8.45. The molecule has 80 valence electrons. The van der Waals surface area contributed by atoms with E-state index in [9.17, 15) is 10.2 Å². The van der Waals surface area contributed by atoms with Gasteiger partial charge in [-0.25, -0.2) is 0 Å². The van der Waals surface area contributed by atoms with Crippen LogP contribution < -0.4 is 0 Å². The Morgan fingerprint density at radius 3 is 1.92 bits per heavy atom. The first-order valence-corrected chi connectivity index (χ1v) is 5.19. The van der Waals surface area contributed by atoms with Crippen molar-refractivity contribution >= 4 is 0 Å². The second kappa shape index (κ2) is 8.48. The predicted molar refractivity (Wildman–Crippen MR) is 52.5 cm³/mol. The summed E-state index contributed by atoms with van der Waals surface area (Å²) >= 11 is 0. The van der Waals surface area contributed by atoms with Crippen LogP contribution >= 0.6 is 0 Å². The molecule has 0 aliphatic carbocycles. The average molecular weight is 190 g/mol. The maximum Gasteiger partial charge on any atom is 0.0800 e. The lowest BCUT2D eigenvalue weighted by atomic mass is 10.0. The van der Waals surface area contributed by atoms with Gasteiger partial charge in [-0.15, -0.1) is 0 Å². The second-order valence-corrected chi connectivity index (χ2v) is 3.50. The van der Waals surface area contributed by atoms with Crippen molar-refractivity contribution in [2.45, 2.75) is 57.7 Å². The van der Waals surface area contributed by atoms with Crippen LogP contribution in [0.25, 0.3) is 0 Å². The van der Waals surface area contributed by atoms with Gasteiger partial charge in [-0.3, -0.25) is 0 Å². The van der Waals surface area contributed by atoms with E-state index in [-0.39, 0.29) is 6.61 Å². The molecule has 3 heteroatoms.